The summed E-state index contributed by atoms with van der Waals surface area (Å²) in [5.41, 5.74) is 2.55. The first-order valence-corrected chi connectivity index (χ1v) is 10.3. The van der Waals surface area contributed by atoms with Crippen LogP contribution in [-0.2, 0) is 5.75 Å². The number of aromatic nitrogens is 1. The van der Waals surface area contributed by atoms with Crippen LogP contribution in [0.25, 0.3) is 0 Å². The second-order valence-corrected chi connectivity index (χ2v) is 8.43. The lowest BCUT2D eigenvalue weighted by Crippen LogP contribution is -2.13. The number of halogens is 1. The fraction of sp³-hybridized carbons (Fsp3) is 0.111. The van der Waals surface area contributed by atoms with Crippen LogP contribution in [0.4, 0.5) is 5.69 Å². The van der Waals surface area contributed by atoms with Gasteiger partial charge in [-0.05, 0) is 59.8 Å². The second kappa shape index (κ2) is 8.13. The third kappa shape index (κ3) is 4.58. The number of anilines is 1. The molecule has 0 unspecified atom stereocenters. The van der Waals surface area contributed by atoms with Crippen LogP contribution in [0.2, 0.25) is 0 Å². The molecular formula is C18H15IN2OS2. The molecule has 0 bridgehead atoms. The summed E-state index contributed by atoms with van der Waals surface area (Å²) < 4.78 is 1.09. The number of carbonyl (C=O) groups is 1. The van der Waals surface area contributed by atoms with Crippen LogP contribution in [0.3, 0.4) is 0 Å². The van der Waals surface area contributed by atoms with Crippen molar-refractivity contribution >= 4 is 57.3 Å². The van der Waals surface area contributed by atoms with Crippen LogP contribution in [0.15, 0.2) is 58.8 Å². The average Bonchev–Trinajstić information content (AvgIpc) is 2.99. The standard InChI is InChI=1S/C18H15IN2OS2/c1-12-20-15(10-23-12)11-24-17-8-3-2-7-16(17)18(22)21-14-6-4-5-13(19)9-14/h2-10H,11H2,1H3,(H,21,22). The van der Waals surface area contributed by atoms with Crippen molar-refractivity contribution < 1.29 is 4.79 Å². The molecule has 122 valence electrons. The molecule has 0 aliphatic rings. The first kappa shape index (κ1) is 17.4. The SMILES string of the molecule is Cc1nc(CSc2ccccc2C(=O)Nc2cccc(I)c2)cs1. The number of aryl methyl sites for hydroxylation is 1. The zero-order chi connectivity index (χ0) is 16.9. The average molecular weight is 466 g/mol. The van der Waals surface area contributed by atoms with E-state index in [9.17, 15) is 4.79 Å². The summed E-state index contributed by atoms with van der Waals surface area (Å²) >= 11 is 5.52. The van der Waals surface area contributed by atoms with Crippen LogP contribution in [0, 0.1) is 10.5 Å². The summed E-state index contributed by atoms with van der Waals surface area (Å²) in [6.07, 6.45) is 0. The van der Waals surface area contributed by atoms with Crippen molar-refractivity contribution in [2.24, 2.45) is 0 Å². The number of nitrogens with zero attached hydrogens (tertiary/aromatic N) is 1. The number of carbonyl (C=O) groups excluding carboxylic acids is 1. The topological polar surface area (TPSA) is 42.0 Å². The van der Waals surface area contributed by atoms with E-state index in [0.29, 0.717) is 5.56 Å². The molecule has 2 aromatic carbocycles. The van der Waals surface area contributed by atoms with Crippen LogP contribution < -0.4 is 5.32 Å². The van der Waals surface area contributed by atoms with Crippen molar-refractivity contribution in [1.29, 1.82) is 0 Å². The molecule has 0 fully saturated rings. The van der Waals surface area contributed by atoms with Gasteiger partial charge in [0.2, 0.25) is 0 Å². The predicted octanol–water partition coefficient (Wildman–Crippen LogP) is 5.60. The molecule has 0 aliphatic heterocycles. The minimum absolute atomic E-state index is 0.0884. The van der Waals surface area contributed by atoms with Gasteiger partial charge in [-0.25, -0.2) is 4.98 Å². The summed E-state index contributed by atoms with van der Waals surface area (Å²) in [7, 11) is 0. The van der Waals surface area contributed by atoms with Gasteiger partial charge in [-0.2, -0.15) is 0 Å². The summed E-state index contributed by atoms with van der Waals surface area (Å²) in [6, 6.07) is 15.5. The Labute approximate surface area is 163 Å². The Kier molecular flexibility index (Phi) is 5.91. The van der Waals surface area contributed by atoms with Crippen LogP contribution in [0.5, 0.6) is 0 Å². The van der Waals surface area contributed by atoms with Gasteiger partial charge in [0.05, 0.1) is 16.3 Å². The maximum Gasteiger partial charge on any atom is 0.256 e. The molecule has 3 aromatic rings. The molecule has 0 radical (unpaired) electrons. The van der Waals surface area contributed by atoms with E-state index in [0.717, 1.165) is 30.6 Å². The highest BCUT2D eigenvalue weighted by molar-refractivity contribution is 14.1. The van der Waals surface area contributed by atoms with Crippen molar-refractivity contribution in [1.82, 2.24) is 4.98 Å². The van der Waals surface area contributed by atoms with Crippen molar-refractivity contribution in [2.75, 3.05) is 5.32 Å². The molecule has 0 spiro atoms. The first-order valence-electron chi connectivity index (χ1n) is 7.31. The van der Waals surface area contributed by atoms with E-state index >= 15 is 0 Å². The Balaban J connectivity index is 1.74. The summed E-state index contributed by atoms with van der Waals surface area (Å²) in [5.74, 6) is 0.673. The van der Waals surface area contributed by atoms with E-state index in [4.69, 9.17) is 0 Å². The molecular weight excluding hydrogens is 451 g/mol. The fourth-order valence-electron chi connectivity index (χ4n) is 2.17. The van der Waals surface area contributed by atoms with Gasteiger partial charge in [0.15, 0.2) is 0 Å². The molecule has 6 heteroatoms. The minimum atomic E-state index is -0.0884. The fourth-order valence-corrected chi connectivity index (χ4v) is 4.37. The van der Waals surface area contributed by atoms with E-state index in [-0.39, 0.29) is 5.91 Å². The maximum atomic E-state index is 12.6. The molecule has 3 nitrogen and oxygen atoms in total. The molecule has 24 heavy (non-hydrogen) atoms. The Morgan fingerprint density at radius 2 is 2.08 bits per heavy atom. The Morgan fingerprint density at radius 1 is 1.25 bits per heavy atom. The summed E-state index contributed by atoms with van der Waals surface area (Å²) in [6.45, 7) is 2.00. The molecule has 0 aliphatic carbocycles. The van der Waals surface area contributed by atoms with Gasteiger partial charge in [0.25, 0.3) is 5.91 Å². The third-order valence-electron chi connectivity index (χ3n) is 3.26. The van der Waals surface area contributed by atoms with E-state index in [1.165, 1.54) is 0 Å². The predicted molar refractivity (Wildman–Crippen MR) is 110 cm³/mol. The largest absolute Gasteiger partial charge is 0.322 e. The molecule has 1 aromatic heterocycles. The van der Waals surface area contributed by atoms with Crippen molar-refractivity contribution in [3.63, 3.8) is 0 Å². The number of thiazole rings is 1. The first-order chi connectivity index (χ1) is 11.6. The molecule has 1 N–H and O–H groups in total. The Hall–Kier alpha value is -1.38. The summed E-state index contributed by atoms with van der Waals surface area (Å²) in [4.78, 5) is 18.1. The number of amides is 1. The van der Waals surface area contributed by atoms with E-state index < -0.39 is 0 Å². The van der Waals surface area contributed by atoms with Gasteiger partial charge in [-0.3, -0.25) is 4.79 Å². The van der Waals surface area contributed by atoms with E-state index in [1.54, 1.807) is 23.1 Å². The summed E-state index contributed by atoms with van der Waals surface area (Å²) in [5, 5.41) is 6.10. The normalized spacial score (nSPS) is 10.6. The number of benzene rings is 2. The third-order valence-corrected chi connectivity index (χ3v) is 5.86. The number of thioether (sulfide) groups is 1. The Bertz CT molecular complexity index is 863. The zero-order valence-corrected chi connectivity index (χ0v) is 16.7. The maximum absolute atomic E-state index is 12.6. The minimum Gasteiger partial charge on any atom is -0.322 e. The molecule has 1 heterocycles. The van der Waals surface area contributed by atoms with Crippen LogP contribution in [-0.4, -0.2) is 10.9 Å². The highest BCUT2D eigenvalue weighted by Gasteiger charge is 2.12. The van der Waals surface area contributed by atoms with Crippen molar-refractivity contribution in [3.8, 4) is 0 Å². The van der Waals surface area contributed by atoms with Crippen LogP contribution in [0.1, 0.15) is 21.1 Å². The van der Waals surface area contributed by atoms with Crippen LogP contribution >= 0.6 is 45.7 Å². The van der Waals surface area contributed by atoms with Crippen molar-refractivity contribution in [2.45, 2.75) is 17.6 Å². The van der Waals surface area contributed by atoms with Gasteiger partial charge >= 0.3 is 0 Å². The number of rotatable bonds is 5. The number of nitrogens with one attached hydrogen (secondary N) is 1. The van der Waals surface area contributed by atoms with Gasteiger partial charge in [-0.1, -0.05) is 18.2 Å². The van der Waals surface area contributed by atoms with Crippen molar-refractivity contribution in [3.05, 3.63) is 73.7 Å². The van der Waals surface area contributed by atoms with Gasteiger partial charge < -0.3 is 5.32 Å². The van der Waals surface area contributed by atoms with Gasteiger partial charge in [-0.15, -0.1) is 23.1 Å². The van der Waals surface area contributed by atoms with Gasteiger partial charge in [0.1, 0.15) is 0 Å². The number of hydrogen-bond donors (Lipinski definition) is 1. The molecule has 1 amide bonds. The molecule has 0 saturated carbocycles. The number of hydrogen-bond acceptors (Lipinski definition) is 4. The van der Waals surface area contributed by atoms with E-state index in [1.807, 2.05) is 55.5 Å². The van der Waals surface area contributed by atoms with E-state index in [2.05, 4.69) is 38.3 Å². The zero-order valence-electron chi connectivity index (χ0n) is 13.0. The molecule has 0 atom stereocenters. The lowest BCUT2D eigenvalue weighted by molar-refractivity contribution is 0.102. The highest BCUT2D eigenvalue weighted by atomic mass is 127. The Morgan fingerprint density at radius 3 is 2.83 bits per heavy atom. The molecule has 3 rings (SSSR count). The highest BCUT2D eigenvalue weighted by Crippen LogP contribution is 2.27. The second-order valence-electron chi connectivity index (χ2n) is 5.11. The smallest absolute Gasteiger partial charge is 0.256 e. The lowest BCUT2D eigenvalue weighted by atomic mass is 10.2. The monoisotopic (exact) mass is 466 g/mol. The lowest BCUT2D eigenvalue weighted by Gasteiger charge is -2.10. The quantitative estimate of drug-likeness (QED) is 0.393. The van der Waals surface area contributed by atoms with Gasteiger partial charge in [0, 0.05) is 25.3 Å². The molecule has 0 saturated heterocycles.